The molecule has 154 valence electrons. The monoisotopic (exact) mass is 442 g/mol. The van der Waals surface area contributed by atoms with E-state index in [9.17, 15) is 10.1 Å². The quantitative estimate of drug-likeness (QED) is 0.314. The lowest BCUT2D eigenvalue weighted by molar-refractivity contribution is -0.385. The maximum Gasteiger partial charge on any atom is 0.278 e. The van der Waals surface area contributed by atoms with Gasteiger partial charge in [-0.1, -0.05) is 35.9 Å². The number of benzene rings is 2. The average molecular weight is 443 g/mol. The van der Waals surface area contributed by atoms with Gasteiger partial charge in [-0.3, -0.25) is 15.1 Å². The maximum absolute atomic E-state index is 11.3. The first-order chi connectivity index (χ1) is 14.6. The molecule has 1 unspecified atom stereocenters. The van der Waals surface area contributed by atoms with Gasteiger partial charge in [-0.25, -0.2) is 4.68 Å². The van der Waals surface area contributed by atoms with E-state index in [0.29, 0.717) is 21.9 Å². The van der Waals surface area contributed by atoms with Crippen LogP contribution in [0, 0.1) is 10.1 Å². The van der Waals surface area contributed by atoms with Crippen LogP contribution in [0.15, 0.2) is 64.0 Å². The van der Waals surface area contributed by atoms with E-state index in [0.717, 1.165) is 30.7 Å². The minimum Gasteiger partial charge on any atom is -0.376 e. The summed E-state index contributed by atoms with van der Waals surface area (Å²) >= 11 is 7.49. The van der Waals surface area contributed by atoms with Gasteiger partial charge in [0.2, 0.25) is 4.80 Å². The zero-order chi connectivity index (χ0) is 20.9. The number of rotatable bonds is 6. The third kappa shape index (κ3) is 4.67. The van der Waals surface area contributed by atoms with Crippen LogP contribution < -0.4 is 4.80 Å². The molecule has 1 aromatic heterocycles. The zero-order valence-corrected chi connectivity index (χ0v) is 17.6. The fourth-order valence-corrected chi connectivity index (χ4v) is 4.16. The van der Waals surface area contributed by atoms with E-state index < -0.39 is 4.92 Å². The van der Waals surface area contributed by atoms with Gasteiger partial charge in [0.15, 0.2) is 0 Å². The second kappa shape index (κ2) is 9.34. The van der Waals surface area contributed by atoms with E-state index in [2.05, 4.69) is 5.10 Å². The summed E-state index contributed by atoms with van der Waals surface area (Å²) in [4.78, 5) is 16.3. The van der Waals surface area contributed by atoms with E-state index in [4.69, 9.17) is 21.3 Å². The maximum atomic E-state index is 11.3. The highest BCUT2D eigenvalue weighted by atomic mass is 35.5. The van der Waals surface area contributed by atoms with E-state index in [-0.39, 0.29) is 11.8 Å². The Bertz CT molecular complexity index is 1130. The van der Waals surface area contributed by atoms with Crippen LogP contribution in [0.4, 0.5) is 5.69 Å². The number of halogens is 1. The third-order valence-corrected chi connectivity index (χ3v) is 5.83. The van der Waals surface area contributed by atoms with Gasteiger partial charge in [-0.15, -0.1) is 11.3 Å². The molecule has 1 aliphatic heterocycles. The van der Waals surface area contributed by atoms with Gasteiger partial charge < -0.3 is 4.74 Å². The minimum atomic E-state index is -0.414. The summed E-state index contributed by atoms with van der Waals surface area (Å²) in [6, 6.07) is 13.9. The van der Waals surface area contributed by atoms with Crippen molar-refractivity contribution in [3.05, 3.63) is 79.4 Å². The predicted octanol–water partition coefficient (Wildman–Crippen LogP) is 4.74. The molecule has 2 heterocycles. The number of ether oxygens (including phenoxy) is 1. The summed E-state index contributed by atoms with van der Waals surface area (Å²) in [6.07, 6.45) is 3.67. The summed E-state index contributed by atoms with van der Waals surface area (Å²) in [7, 11) is 0. The van der Waals surface area contributed by atoms with Crippen LogP contribution in [0.2, 0.25) is 5.02 Å². The molecule has 7 nitrogen and oxygen atoms in total. The van der Waals surface area contributed by atoms with Crippen molar-refractivity contribution in [3.63, 3.8) is 0 Å². The van der Waals surface area contributed by atoms with Crippen LogP contribution in [0.5, 0.6) is 0 Å². The van der Waals surface area contributed by atoms with Gasteiger partial charge in [0, 0.05) is 28.6 Å². The molecule has 2 aromatic carbocycles. The van der Waals surface area contributed by atoms with Gasteiger partial charge >= 0.3 is 0 Å². The molecule has 30 heavy (non-hydrogen) atoms. The Morgan fingerprint density at radius 2 is 2.07 bits per heavy atom. The first kappa shape index (κ1) is 20.5. The molecule has 0 N–H and O–H groups in total. The smallest absolute Gasteiger partial charge is 0.278 e. The zero-order valence-electron chi connectivity index (χ0n) is 16.0. The Morgan fingerprint density at radius 3 is 2.80 bits per heavy atom. The van der Waals surface area contributed by atoms with Crippen molar-refractivity contribution in [1.82, 2.24) is 4.68 Å². The molecule has 0 radical (unpaired) electrons. The van der Waals surface area contributed by atoms with Crippen LogP contribution in [-0.2, 0) is 4.74 Å². The van der Waals surface area contributed by atoms with Crippen LogP contribution >= 0.6 is 22.9 Å². The van der Waals surface area contributed by atoms with E-state index in [1.807, 2.05) is 29.6 Å². The van der Waals surface area contributed by atoms with Crippen molar-refractivity contribution in [2.24, 2.45) is 10.1 Å². The highest BCUT2D eigenvalue weighted by Crippen LogP contribution is 2.23. The number of thiazole rings is 1. The Morgan fingerprint density at radius 1 is 1.27 bits per heavy atom. The number of aromatic nitrogens is 1. The van der Waals surface area contributed by atoms with Gasteiger partial charge in [0.25, 0.3) is 5.69 Å². The number of nitro groups is 1. The first-order valence-electron chi connectivity index (χ1n) is 9.48. The number of nitrogens with zero attached hydrogens (tertiary/aromatic N) is 4. The number of para-hydroxylation sites is 1. The molecule has 0 bridgehead atoms. The number of hydrogen-bond acceptors (Lipinski definition) is 6. The molecule has 1 atom stereocenters. The van der Waals surface area contributed by atoms with Crippen LogP contribution in [0.1, 0.15) is 18.4 Å². The highest BCUT2D eigenvalue weighted by Gasteiger charge is 2.15. The molecular weight excluding hydrogens is 424 g/mol. The molecular formula is C21H19ClN4O3S. The van der Waals surface area contributed by atoms with Gasteiger partial charge in [0.05, 0.1) is 35.0 Å². The van der Waals surface area contributed by atoms with Crippen molar-refractivity contribution < 1.29 is 9.66 Å². The first-order valence-corrected chi connectivity index (χ1v) is 10.7. The standard InChI is InChI=1S/C21H19ClN4O3S/c22-17-9-7-15(8-10-17)20-14-30-21(23-13-18-5-3-11-29-18)25(20)24-12-16-4-1-2-6-19(16)26(27)28/h1-2,4,6-10,12,14,18H,3,5,11,13H2. The number of hydrogen-bond donors (Lipinski definition) is 0. The molecule has 0 saturated carbocycles. The summed E-state index contributed by atoms with van der Waals surface area (Å²) < 4.78 is 7.37. The fourth-order valence-electron chi connectivity index (χ4n) is 3.19. The summed E-state index contributed by atoms with van der Waals surface area (Å²) in [5.41, 5.74) is 2.18. The minimum absolute atomic E-state index is 0.00275. The van der Waals surface area contributed by atoms with Crippen LogP contribution in [-0.4, -0.2) is 35.1 Å². The molecule has 1 saturated heterocycles. The van der Waals surface area contributed by atoms with Gasteiger partial charge in [-0.05, 0) is 31.0 Å². The lowest BCUT2D eigenvalue weighted by atomic mass is 10.2. The average Bonchev–Trinajstić information content (AvgIpc) is 3.41. The third-order valence-electron chi connectivity index (χ3n) is 4.73. The molecule has 1 aliphatic rings. The van der Waals surface area contributed by atoms with E-state index >= 15 is 0 Å². The molecule has 0 aliphatic carbocycles. The molecule has 0 spiro atoms. The van der Waals surface area contributed by atoms with E-state index in [1.54, 1.807) is 22.9 Å². The summed E-state index contributed by atoms with van der Waals surface area (Å²) in [5.74, 6) is 0. The Hall–Kier alpha value is -2.81. The van der Waals surface area contributed by atoms with Gasteiger partial charge in [0.1, 0.15) is 0 Å². The molecule has 0 amide bonds. The van der Waals surface area contributed by atoms with Crippen molar-refractivity contribution in [1.29, 1.82) is 0 Å². The lowest BCUT2D eigenvalue weighted by Crippen LogP contribution is -2.17. The predicted molar refractivity (Wildman–Crippen MR) is 118 cm³/mol. The van der Waals surface area contributed by atoms with E-state index in [1.165, 1.54) is 23.6 Å². The summed E-state index contributed by atoms with van der Waals surface area (Å²) in [5, 5.41) is 18.5. The van der Waals surface area contributed by atoms with Gasteiger partial charge in [-0.2, -0.15) is 5.10 Å². The van der Waals surface area contributed by atoms with Crippen LogP contribution in [0.3, 0.4) is 0 Å². The molecule has 4 rings (SSSR count). The second-order valence-corrected chi connectivity index (χ2v) is 8.03. The topological polar surface area (TPSA) is 82.0 Å². The Kier molecular flexibility index (Phi) is 6.37. The molecule has 9 heteroatoms. The molecule has 3 aromatic rings. The lowest BCUT2D eigenvalue weighted by Gasteiger charge is -2.06. The van der Waals surface area contributed by atoms with Crippen molar-refractivity contribution in [3.8, 4) is 11.3 Å². The molecule has 1 fully saturated rings. The van der Waals surface area contributed by atoms with Crippen molar-refractivity contribution >= 4 is 34.8 Å². The van der Waals surface area contributed by atoms with Crippen LogP contribution in [0.25, 0.3) is 11.3 Å². The SMILES string of the molecule is O=[N+]([O-])c1ccccc1C=Nn1c(-c2ccc(Cl)cc2)csc1=NCC1CCCO1. The largest absolute Gasteiger partial charge is 0.376 e. The second-order valence-electron chi connectivity index (χ2n) is 6.76. The normalized spacial score (nSPS) is 17.1. The fraction of sp³-hybridized carbons (Fsp3) is 0.238. The number of nitro benzene ring substituents is 1. The van der Waals surface area contributed by atoms with Crippen molar-refractivity contribution in [2.45, 2.75) is 18.9 Å². The Balaban J connectivity index is 1.75. The van der Waals surface area contributed by atoms with Crippen molar-refractivity contribution in [2.75, 3.05) is 13.2 Å². The Labute approximate surface area is 182 Å². The highest BCUT2D eigenvalue weighted by molar-refractivity contribution is 7.07. The summed E-state index contributed by atoms with van der Waals surface area (Å²) in [6.45, 7) is 1.33.